The minimum absolute atomic E-state index is 0.0296. The maximum atomic E-state index is 13.1. The molecule has 7 heteroatoms. The molecule has 1 aromatic rings. The number of rotatable bonds is 5. The number of nitro groups is 1. The second kappa shape index (κ2) is 10.7. The van der Waals surface area contributed by atoms with Crippen LogP contribution in [-0.4, -0.2) is 29.1 Å². The van der Waals surface area contributed by atoms with Crippen LogP contribution in [0.3, 0.4) is 0 Å². The number of nitrogens with zero attached hydrogens (tertiary/aromatic N) is 1. The molecule has 0 amide bonds. The molecule has 0 bridgehead atoms. The Balaban J connectivity index is 1.69. The lowest BCUT2D eigenvalue weighted by molar-refractivity contribution is -0.384. The molecule has 0 aromatic heterocycles. The first-order valence-electron chi connectivity index (χ1n) is 13.0. The van der Waals surface area contributed by atoms with Crippen LogP contribution in [0.25, 0.3) is 0 Å². The van der Waals surface area contributed by atoms with Crippen LogP contribution in [0.15, 0.2) is 18.2 Å². The molecule has 1 aromatic carbocycles. The fraction of sp³-hybridized carbons (Fsp3) is 0.714. The predicted octanol–water partition coefficient (Wildman–Crippen LogP) is 7.12. The molecule has 0 atom stereocenters. The van der Waals surface area contributed by atoms with Gasteiger partial charge in [0.25, 0.3) is 5.69 Å². The molecule has 2 aliphatic rings. The van der Waals surface area contributed by atoms with E-state index in [-0.39, 0.29) is 39.9 Å². The number of carbonyl (C=O) groups is 2. The molecule has 0 spiro atoms. The van der Waals surface area contributed by atoms with Gasteiger partial charge in [0, 0.05) is 12.1 Å². The van der Waals surface area contributed by atoms with Crippen molar-refractivity contribution in [2.24, 2.45) is 22.7 Å². The maximum Gasteiger partial charge on any atom is 0.339 e. The van der Waals surface area contributed by atoms with Crippen LogP contribution in [0.4, 0.5) is 5.69 Å². The van der Waals surface area contributed by atoms with Gasteiger partial charge in [-0.05, 0) is 80.1 Å². The van der Waals surface area contributed by atoms with Crippen LogP contribution in [0.5, 0.6) is 0 Å². The molecular formula is C28H41NO6. The summed E-state index contributed by atoms with van der Waals surface area (Å²) in [5, 5.41) is 11.3. The molecule has 7 nitrogen and oxygen atoms in total. The second-order valence-electron chi connectivity index (χ2n) is 12.5. The topological polar surface area (TPSA) is 95.7 Å². The first-order chi connectivity index (χ1) is 16.3. The van der Waals surface area contributed by atoms with E-state index in [0.717, 1.165) is 57.4 Å². The highest BCUT2D eigenvalue weighted by Crippen LogP contribution is 2.40. The van der Waals surface area contributed by atoms with E-state index in [1.54, 1.807) is 0 Å². The molecule has 0 unspecified atom stereocenters. The fourth-order valence-corrected chi connectivity index (χ4v) is 5.52. The lowest BCUT2D eigenvalue weighted by Gasteiger charge is -2.36. The molecule has 0 N–H and O–H groups in total. The summed E-state index contributed by atoms with van der Waals surface area (Å²) < 4.78 is 11.5. The van der Waals surface area contributed by atoms with E-state index in [2.05, 4.69) is 41.5 Å². The molecule has 194 valence electrons. The molecule has 0 saturated heterocycles. The van der Waals surface area contributed by atoms with Crippen molar-refractivity contribution in [1.82, 2.24) is 0 Å². The summed E-state index contributed by atoms with van der Waals surface area (Å²) in [5.41, 5.74) is 0.108. The highest BCUT2D eigenvalue weighted by molar-refractivity contribution is 6.03. The van der Waals surface area contributed by atoms with Crippen LogP contribution in [0.1, 0.15) is 114 Å². The van der Waals surface area contributed by atoms with Gasteiger partial charge in [-0.2, -0.15) is 0 Å². The Kier molecular flexibility index (Phi) is 8.28. The molecule has 2 saturated carbocycles. The highest BCUT2D eigenvalue weighted by atomic mass is 16.6. The van der Waals surface area contributed by atoms with Gasteiger partial charge in [-0.15, -0.1) is 0 Å². The van der Waals surface area contributed by atoms with E-state index in [9.17, 15) is 19.7 Å². The number of carbonyl (C=O) groups excluding carboxylic acids is 2. The summed E-state index contributed by atoms with van der Waals surface area (Å²) in [6.07, 6.45) is 6.46. The molecule has 0 heterocycles. The van der Waals surface area contributed by atoms with Gasteiger partial charge in [-0.3, -0.25) is 10.1 Å². The summed E-state index contributed by atoms with van der Waals surface area (Å²) in [6, 6.07) is 3.68. The number of non-ortho nitro benzene ring substituents is 1. The first kappa shape index (κ1) is 27.2. The van der Waals surface area contributed by atoms with Gasteiger partial charge < -0.3 is 9.47 Å². The van der Waals surface area contributed by atoms with E-state index in [1.165, 1.54) is 12.1 Å². The highest BCUT2D eigenvalue weighted by Gasteiger charge is 2.34. The lowest BCUT2D eigenvalue weighted by Crippen LogP contribution is -2.31. The van der Waals surface area contributed by atoms with E-state index in [1.807, 2.05) is 0 Å². The minimum atomic E-state index is -0.698. The van der Waals surface area contributed by atoms with Crippen LogP contribution < -0.4 is 0 Å². The van der Waals surface area contributed by atoms with Crippen LogP contribution >= 0.6 is 0 Å². The van der Waals surface area contributed by atoms with Crippen LogP contribution in [0.2, 0.25) is 0 Å². The Morgan fingerprint density at radius 2 is 1.14 bits per heavy atom. The minimum Gasteiger partial charge on any atom is -0.459 e. The SMILES string of the molecule is CC(C)(C)C1CCC(OC(=O)c2ccc([N+](=O)[O-])cc2C(=O)OC2CCC(C(C)(C)C)CC2)CC1. The largest absolute Gasteiger partial charge is 0.459 e. The molecule has 0 radical (unpaired) electrons. The lowest BCUT2D eigenvalue weighted by atomic mass is 9.72. The molecule has 0 aliphatic heterocycles. The normalized spacial score (nSPS) is 25.5. The Morgan fingerprint density at radius 1 is 0.743 bits per heavy atom. The van der Waals surface area contributed by atoms with Crippen molar-refractivity contribution in [1.29, 1.82) is 0 Å². The van der Waals surface area contributed by atoms with Gasteiger partial charge in [-0.25, -0.2) is 9.59 Å². The van der Waals surface area contributed by atoms with E-state index in [0.29, 0.717) is 11.8 Å². The molecular weight excluding hydrogens is 446 g/mol. The average molecular weight is 488 g/mol. The summed E-state index contributed by atoms with van der Waals surface area (Å²) in [5.74, 6) is -0.177. The van der Waals surface area contributed by atoms with Crippen molar-refractivity contribution in [3.8, 4) is 0 Å². The number of esters is 2. The van der Waals surface area contributed by atoms with Crippen molar-refractivity contribution in [2.45, 2.75) is 105 Å². The zero-order valence-electron chi connectivity index (χ0n) is 22.1. The molecule has 35 heavy (non-hydrogen) atoms. The number of nitro benzene ring substituents is 1. The fourth-order valence-electron chi connectivity index (χ4n) is 5.52. The van der Waals surface area contributed by atoms with Crippen LogP contribution in [-0.2, 0) is 9.47 Å². The van der Waals surface area contributed by atoms with Gasteiger partial charge in [0.2, 0.25) is 0 Å². The Morgan fingerprint density at radius 3 is 1.51 bits per heavy atom. The molecule has 2 aliphatic carbocycles. The third-order valence-electron chi connectivity index (χ3n) is 8.00. The molecule has 2 fully saturated rings. The zero-order valence-corrected chi connectivity index (χ0v) is 22.1. The van der Waals surface area contributed by atoms with Gasteiger partial charge in [0.05, 0.1) is 16.1 Å². The standard InChI is InChI=1S/C28H41NO6/c1-27(2,3)18-7-12-21(13-8-18)34-25(30)23-16-11-20(29(32)33)17-24(23)26(31)35-22-14-9-19(10-15-22)28(4,5)6/h11,16-19,21-22H,7-10,12-15H2,1-6H3. The Labute approximate surface area is 209 Å². The summed E-state index contributed by atoms with van der Waals surface area (Å²) >= 11 is 0. The second-order valence-corrected chi connectivity index (χ2v) is 12.5. The zero-order chi connectivity index (χ0) is 26.0. The monoisotopic (exact) mass is 487 g/mol. The first-order valence-corrected chi connectivity index (χ1v) is 13.0. The van der Waals surface area contributed by atoms with Crippen LogP contribution in [0, 0.1) is 32.8 Å². The van der Waals surface area contributed by atoms with E-state index >= 15 is 0 Å². The van der Waals surface area contributed by atoms with Gasteiger partial charge in [0.1, 0.15) is 12.2 Å². The Hall–Kier alpha value is -2.44. The van der Waals surface area contributed by atoms with Crippen molar-refractivity contribution in [3.63, 3.8) is 0 Å². The smallest absolute Gasteiger partial charge is 0.339 e. The number of hydrogen-bond acceptors (Lipinski definition) is 6. The van der Waals surface area contributed by atoms with Crippen molar-refractivity contribution in [2.75, 3.05) is 0 Å². The summed E-state index contributed by atoms with van der Waals surface area (Å²) in [7, 11) is 0. The number of benzene rings is 1. The quantitative estimate of drug-likeness (QED) is 0.249. The van der Waals surface area contributed by atoms with E-state index in [4.69, 9.17) is 9.47 Å². The third-order valence-corrected chi connectivity index (χ3v) is 8.00. The van der Waals surface area contributed by atoms with Crippen molar-refractivity contribution >= 4 is 17.6 Å². The number of hydrogen-bond donors (Lipinski definition) is 0. The molecule has 3 rings (SSSR count). The average Bonchev–Trinajstić information content (AvgIpc) is 2.78. The maximum absolute atomic E-state index is 13.1. The summed E-state index contributed by atoms with van der Waals surface area (Å²) in [4.78, 5) is 36.9. The summed E-state index contributed by atoms with van der Waals surface area (Å²) in [6.45, 7) is 13.4. The number of ether oxygens (including phenoxy) is 2. The third kappa shape index (κ3) is 7.05. The predicted molar refractivity (Wildman–Crippen MR) is 134 cm³/mol. The van der Waals surface area contributed by atoms with Gasteiger partial charge in [-0.1, -0.05) is 41.5 Å². The Bertz CT molecular complexity index is 926. The van der Waals surface area contributed by atoms with E-state index < -0.39 is 16.9 Å². The van der Waals surface area contributed by atoms with Crippen molar-refractivity contribution in [3.05, 3.63) is 39.4 Å². The van der Waals surface area contributed by atoms with Crippen molar-refractivity contribution < 1.29 is 24.0 Å². The van der Waals surface area contributed by atoms with Gasteiger partial charge in [0.15, 0.2) is 0 Å². The van der Waals surface area contributed by atoms with Gasteiger partial charge >= 0.3 is 11.9 Å².